The maximum Gasteiger partial charge on any atom is 0.328 e. The number of hydrogen-bond acceptors (Lipinski definition) is 6. The molecule has 0 unspecified atom stereocenters. The van der Waals surface area contributed by atoms with E-state index in [1.165, 1.54) is 7.11 Å². The minimum atomic E-state index is -0.817. The number of hydrogen-bond donors (Lipinski definition) is 2. The van der Waals surface area contributed by atoms with Crippen molar-refractivity contribution in [1.29, 1.82) is 0 Å². The van der Waals surface area contributed by atoms with Crippen LogP contribution in [0.5, 0.6) is 11.5 Å². The third kappa shape index (κ3) is 4.09. The summed E-state index contributed by atoms with van der Waals surface area (Å²) in [6.45, 7) is 0.626. The third-order valence-electron chi connectivity index (χ3n) is 5.96. The Morgan fingerprint density at radius 1 is 1.21 bits per heavy atom. The second kappa shape index (κ2) is 8.85. The van der Waals surface area contributed by atoms with Gasteiger partial charge in [-0.05, 0) is 23.3 Å². The Bertz CT molecular complexity index is 1160. The van der Waals surface area contributed by atoms with Gasteiger partial charge >= 0.3 is 12.0 Å². The van der Waals surface area contributed by atoms with Gasteiger partial charge in [-0.15, -0.1) is 0 Å². The standard InChI is InChI=1S/C24H24N4O5/c1-31-23(29)18(11-15-5-3-2-4-6-15)27-24(30)28-10-9-17-21(26-13-25-17)22(28)16-7-8-19-20(12-16)33-14-32-19/h2-8,12-13,18,22H,9-11,14H2,1H3,(H,25,26)(H,27,30)/t18-,22-/m1/s1. The molecule has 0 bridgehead atoms. The summed E-state index contributed by atoms with van der Waals surface area (Å²) in [5, 5.41) is 2.88. The molecule has 3 heterocycles. The van der Waals surface area contributed by atoms with Crippen molar-refractivity contribution in [3.63, 3.8) is 0 Å². The highest BCUT2D eigenvalue weighted by Crippen LogP contribution is 2.39. The molecule has 0 fully saturated rings. The van der Waals surface area contributed by atoms with Crippen molar-refractivity contribution in [3.05, 3.63) is 77.4 Å². The summed E-state index contributed by atoms with van der Waals surface area (Å²) in [5.41, 5.74) is 3.53. The first kappa shape index (κ1) is 20.9. The van der Waals surface area contributed by atoms with Crippen LogP contribution in [0.4, 0.5) is 4.79 Å². The molecule has 170 valence electrons. The molecule has 2 amide bonds. The molecule has 33 heavy (non-hydrogen) atoms. The number of imidazole rings is 1. The topological polar surface area (TPSA) is 106 Å². The van der Waals surface area contributed by atoms with Crippen LogP contribution in [0.3, 0.4) is 0 Å². The van der Waals surface area contributed by atoms with Crippen LogP contribution < -0.4 is 14.8 Å². The zero-order chi connectivity index (χ0) is 22.8. The zero-order valence-corrected chi connectivity index (χ0v) is 18.1. The van der Waals surface area contributed by atoms with Gasteiger partial charge in [-0.1, -0.05) is 36.4 Å². The third-order valence-corrected chi connectivity index (χ3v) is 5.96. The number of fused-ring (bicyclic) bond motifs is 2. The molecule has 2 atom stereocenters. The molecule has 0 aliphatic carbocycles. The Hall–Kier alpha value is -4.01. The van der Waals surface area contributed by atoms with E-state index in [0.29, 0.717) is 30.9 Å². The number of H-pyrrole nitrogens is 1. The highest BCUT2D eigenvalue weighted by Gasteiger charge is 2.36. The molecule has 0 radical (unpaired) electrons. The highest BCUT2D eigenvalue weighted by molar-refractivity contribution is 5.84. The summed E-state index contributed by atoms with van der Waals surface area (Å²) in [5.74, 6) is 0.803. The predicted molar refractivity (Wildman–Crippen MR) is 118 cm³/mol. The van der Waals surface area contributed by atoms with Crippen molar-refractivity contribution in [3.8, 4) is 11.5 Å². The van der Waals surface area contributed by atoms with Crippen molar-refractivity contribution in [2.45, 2.75) is 24.9 Å². The number of urea groups is 1. The zero-order valence-electron chi connectivity index (χ0n) is 18.1. The molecule has 2 aromatic carbocycles. The molecule has 9 heteroatoms. The van der Waals surface area contributed by atoms with Crippen LogP contribution in [0.25, 0.3) is 0 Å². The highest BCUT2D eigenvalue weighted by atomic mass is 16.7. The average molecular weight is 448 g/mol. The number of carbonyl (C=O) groups is 2. The predicted octanol–water partition coefficient (Wildman–Crippen LogP) is 2.58. The second-order valence-corrected chi connectivity index (χ2v) is 7.94. The number of amides is 2. The summed E-state index contributed by atoms with van der Waals surface area (Å²) in [4.78, 5) is 35.3. The van der Waals surface area contributed by atoms with Crippen molar-refractivity contribution in [1.82, 2.24) is 20.2 Å². The lowest BCUT2D eigenvalue weighted by Crippen LogP contribution is -2.52. The van der Waals surface area contributed by atoms with E-state index < -0.39 is 18.1 Å². The van der Waals surface area contributed by atoms with E-state index in [9.17, 15) is 9.59 Å². The molecule has 5 rings (SSSR count). The molecule has 0 saturated carbocycles. The minimum Gasteiger partial charge on any atom is -0.467 e. The largest absolute Gasteiger partial charge is 0.467 e. The summed E-state index contributed by atoms with van der Waals surface area (Å²) in [6.07, 6.45) is 2.60. The maximum absolute atomic E-state index is 13.5. The SMILES string of the molecule is COC(=O)[C@@H](Cc1ccccc1)NC(=O)N1CCc2[nH]cnc2[C@H]1c1ccc2c(c1)OCO2. The van der Waals surface area contributed by atoms with Gasteiger partial charge in [0.15, 0.2) is 11.5 Å². The Kier molecular flexibility index (Phi) is 5.60. The lowest BCUT2D eigenvalue weighted by Gasteiger charge is -2.36. The second-order valence-electron chi connectivity index (χ2n) is 7.94. The van der Waals surface area contributed by atoms with Gasteiger partial charge in [-0.3, -0.25) is 0 Å². The number of benzene rings is 2. The van der Waals surface area contributed by atoms with E-state index in [1.807, 2.05) is 48.5 Å². The molecular weight excluding hydrogens is 424 g/mol. The van der Waals surface area contributed by atoms with Gasteiger partial charge in [-0.25, -0.2) is 14.6 Å². The van der Waals surface area contributed by atoms with E-state index >= 15 is 0 Å². The van der Waals surface area contributed by atoms with Gasteiger partial charge in [0.25, 0.3) is 0 Å². The van der Waals surface area contributed by atoms with Crippen molar-refractivity contribution < 1.29 is 23.8 Å². The van der Waals surface area contributed by atoms with Gasteiger partial charge in [0, 0.05) is 25.1 Å². The Morgan fingerprint density at radius 2 is 2.03 bits per heavy atom. The van der Waals surface area contributed by atoms with Gasteiger partial charge in [0.05, 0.1) is 19.1 Å². The number of esters is 1. The maximum atomic E-state index is 13.5. The molecule has 1 aromatic heterocycles. The number of aromatic nitrogens is 2. The van der Waals surface area contributed by atoms with Gasteiger partial charge in [0.1, 0.15) is 12.1 Å². The molecule has 3 aromatic rings. The van der Waals surface area contributed by atoms with Crippen LogP contribution in [0, 0.1) is 0 Å². The number of methoxy groups -OCH3 is 1. The Labute approximate surface area is 190 Å². The van der Waals surface area contributed by atoms with E-state index in [-0.39, 0.29) is 12.8 Å². The molecule has 2 aliphatic rings. The minimum absolute atomic E-state index is 0.168. The molecule has 9 nitrogen and oxygen atoms in total. The quantitative estimate of drug-likeness (QED) is 0.581. The van der Waals surface area contributed by atoms with Crippen molar-refractivity contribution in [2.75, 3.05) is 20.4 Å². The number of aromatic amines is 1. The summed E-state index contributed by atoms with van der Waals surface area (Å²) < 4.78 is 15.9. The number of nitrogens with zero attached hydrogens (tertiary/aromatic N) is 2. The normalized spacial score (nSPS) is 17.2. The Morgan fingerprint density at radius 3 is 2.85 bits per heavy atom. The molecular formula is C24H24N4O5. The van der Waals surface area contributed by atoms with Crippen LogP contribution in [0.15, 0.2) is 54.9 Å². The van der Waals surface area contributed by atoms with Crippen LogP contribution in [0.1, 0.15) is 28.6 Å². The van der Waals surface area contributed by atoms with Crippen molar-refractivity contribution in [2.24, 2.45) is 0 Å². The lowest BCUT2D eigenvalue weighted by molar-refractivity contribution is -0.142. The summed E-state index contributed by atoms with van der Waals surface area (Å²) in [6, 6.07) is 13.5. The first-order valence-corrected chi connectivity index (χ1v) is 10.7. The van der Waals surface area contributed by atoms with Crippen LogP contribution >= 0.6 is 0 Å². The first-order valence-electron chi connectivity index (χ1n) is 10.7. The smallest absolute Gasteiger partial charge is 0.328 e. The monoisotopic (exact) mass is 448 g/mol. The molecule has 2 N–H and O–H groups in total. The van der Waals surface area contributed by atoms with Crippen LogP contribution in [0.2, 0.25) is 0 Å². The fourth-order valence-electron chi connectivity index (χ4n) is 4.33. The summed E-state index contributed by atoms with van der Waals surface area (Å²) in [7, 11) is 1.32. The molecule has 0 spiro atoms. The average Bonchev–Trinajstić information content (AvgIpc) is 3.52. The van der Waals surface area contributed by atoms with E-state index in [0.717, 1.165) is 22.5 Å². The number of ether oxygens (including phenoxy) is 3. The van der Waals surface area contributed by atoms with E-state index in [2.05, 4.69) is 15.3 Å². The van der Waals surface area contributed by atoms with Crippen LogP contribution in [-0.2, 0) is 22.4 Å². The lowest BCUT2D eigenvalue weighted by atomic mass is 9.95. The fraction of sp³-hybridized carbons (Fsp3) is 0.292. The van der Waals surface area contributed by atoms with Crippen molar-refractivity contribution >= 4 is 12.0 Å². The molecule has 0 saturated heterocycles. The van der Waals surface area contributed by atoms with E-state index in [4.69, 9.17) is 14.2 Å². The van der Waals surface area contributed by atoms with Crippen LogP contribution in [-0.4, -0.2) is 53.4 Å². The number of rotatable bonds is 5. The summed E-state index contributed by atoms with van der Waals surface area (Å²) >= 11 is 0. The Balaban J connectivity index is 1.43. The van der Waals surface area contributed by atoms with Gasteiger partial charge < -0.3 is 29.4 Å². The number of nitrogens with one attached hydrogen (secondary N) is 2. The first-order chi connectivity index (χ1) is 16.1. The number of carbonyl (C=O) groups excluding carboxylic acids is 2. The molecule has 2 aliphatic heterocycles. The van der Waals surface area contributed by atoms with Gasteiger partial charge in [0.2, 0.25) is 6.79 Å². The van der Waals surface area contributed by atoms with E-state index in [1.54, 1.807) is 11.2 Å². The fourth-order valence-corrected chi connectivity index (χ4v) is 4.33. The van der Waals surface area contributed by atoms with Gasteiger partial charge in [-0.2, -0.15) is 0 Å².